The highest BCUT2D eigenvalue weighted by atomic mass is 16.5. The summed E-state index contributed by atoms with van der Waals surface area (Å²) in [5.74, 6) is -0.411. The molecule has 156 valence electrons. The lowest BCUT2D eigenvalue weighted by Crippen LogP contribution is -2.24. The molecule has 0 aromatic carbocycles. The molecule has 1 saturated carbocycles. The largest absolute Gasteiger partial charge is 0.469 e. The molecule has 5 atom stereocenters. The van der Waals surface area contributed by atoms with Gasteiger partial charge in [-0.2, -0.15) is 0 Å². The molecule has 27 heavy (non-hydrogen) atoms. The molecule has 5 nitrogen and oxygen atoms in total. The molecule has 0 amide bonds. The molecule has 0 aromatic heterocycles. The Hall–Kier alpha value is -1.17. The van der Waals surface area contributed by atoms with Crippen molar-refractivity contribution >= 4 is 5.97 Å². The summed E-state index contributed by atoms with van der Waals surface area (Å²) in [4.78, 5) is 11.1. The van der Waals surface area contributed by atoms with E-state index in [-0.39, 0.29) is 17.8 Å². The first-order chi connectivity index (χ1) is 12.8. The molecular weight excluding hydrogens is 344 g/mol. The third-order valence-electron chi connectivity index (χ3n) is 5.43. The summed E-state index contributed by atoms with van der Waals surface area (Å²) in [7, 11) is 1.39. The van der Waals surface area contributed by atoms with Crippen molar-refractivity contribution in [3.8, 4) is 0 Å². The molecule has 1 aliphatic carbocycles. The van der Waals surface area contributed by atoms with Crippen LogP contribution in [0.3, 0.4) is 0 Å². The van der Waals surface area contributed by atoms with Crippen LogP contribution in [0.2, 0.25) is 0 Å². The Morgan fingerprint density at radius 2 is 1.93 bits per heavy atom. The Morgan fingerprint density at radius 1 is 1.19 bits per heavy atom. The molecule has 1 aliphatic rings. The summed E-state index contributed by atoms with van der Waals surface area (Å²) < 4.78 is 4.61. The van der Waals surface area contributed by atoms with Gasteiger partial charge in [-0.05, 0) is 38.5 Å². The summed E-state index contributed by atoms with van der Waals surface area (Å²) in [5, 5.41) is 31.1. The number of aliphatic hydroxyl groups is 3. The fraction of sp³-hybridized carbons (Fsp3) is 0.773. The van der Waals surface area contributed by atoms with Crippen molar-refractivity contribution in [1.82, 2.24) is 0 Å². The van der Waals surface area contributed by atoms with Crippen LogP contribution in [-0.4, -0.2) is 46.2 Å². The van der Waals surface area contributed by atoms with Crippen LogP contribution >= 0.6 is 0 Å². The minimum atomic E-state index is -0.878. The van der Waals surface area contributed by atoms with Crippen molar-refractivity contribution in [1.29, 1.82) is 0 Å². The van der Waals surface area contributed by atoms with Crippen LogP contribution in [-0.2, 0) is 9.53 Å². The van der Waals surface area contributed by atoms with E-state index in [1.807, 2.05) is 18.2 Å². The van der Waals surface area contributed by atoms with E-state index in [0.29, 0.717) is 25.7 Å². The number of methoxy groups -OCH3 is 1. The summed E-state index contributed by atoms with van der Waals surface area (Å²) >= 11 is 0. The molecular formula is C22H38O5. The van der Waals surface area contributed by atoms with Gasteiger partial charge in [-0.3, -0.25) is 4.79 Å². The molecule has 0 aliphatic heterocycles. The highest BCUT2D eigenvalue weighted by Gasteiger charge is 2.39. The Bertz CT molecular complexity index is 483. The van der Waals surface area contributed by atoms with Gasteiger partial charge in [0.2, 0.25) is 0 Å². The summed E-state index contributed by atoms with van der Waals surface area (Å²) in [6, 6.07) is 0. The molecule has 1 fully saturated rings. The van der Waals surface area contributed by atoms with Crippen LogP contribution < -0.4 is 0 Å². The van der Waals surface area contributed by atoms with Gasteiger partial charge in [0.25, 0.3) is 0 Å². The number of rotatable bonds is 12. The molecule has 0 aromatic rings. The zero-order chi connectivity index (χ0) is 20.3. The Morgan fingerprint density at radius 3 is 2.59 bits per heavy atom. The summed E-state index contributed by atoms with van der Waals surface area (Å²) in [5.41, 5.74) is -0.878. The first-order valence-electron chi connectivity index (χ1n) is 10.3. The lowest BCUT2D eigenvalue weighted by molar-refractivity contribution is -0.140. The van der Waals surface area contributed by atoms with Crippen LogP contribution in [0.15, 0.2) is 24.3 Å². The second-order valence-corrected chi connectivity index (χ2v) is 7.96. The van der Waals surface area contributed by atoms with Crippen molar-refractivity contribution in [2.45, 2.75) is 89.4 Å². The minimum absolute atomic E-state index is 0.0560. The molecule has 0 spiro atoms. The fourth-order valence-electron chi connectivity index (χ4n) is 3.68. The topological polar surface area (TPSA) is 87.0 Å². The molecule has 1 rings (SSSR count). The van der Waals surface area contributed by atoms with Gasteiger partial charge in [0.05, 0.1) is 24.9 Å². The highest BCUT2D eigenvalue weighted by Crippen LogP contribution is 2.37. The Balaban J connectivity index is 2.54. The average Bonchev–Trinajstić information content (AvgIpc) is 2.89. The van der Waals surface area contributed by atoms with E-state index in [0.717, 1.165) is 32.1 Å². The number of ether oxygens (including phenoxy) is 1. The molecule has 3 N–H and O–H groups in total. The maximum Gasteiger partial charge on any atom is 0.305 e. The minimum Gasteiger partial charge on any atom is -0.469 e. The second-order valence-electron chi connectivity index (χ2n) is 7.96. The van der Waals surface area contributed by atoms with E-state index < -0.39 is 17.8 Å². The van der Waals surface area contributed by atoms with E-state index >= 15 is 0 Å². The molecule has 0 heterocycles. The maximum atomic E-state index is 11.1. The van der Waals surface area contributed by atoms with Crippen LogP contribution in [0.4, 0.5) is 0 Å². The van der Waals surface area contributed by atoms with Gasteiger partial charge in [-0.15, -0.1) is 0 Å². The van der Waals surface area contributed by atoms with Gasteiger partial charge in [0.1, 0.15) is 0 Å². The molecule has 0 bridgehead atoms. The van der Waals surface area contributed by atoms with Crippen molar-refractivity contribution in [3.05, 3.63) is 24.3 Å². The molecule has 0 saturated heterocycles. The van der Waals surface area contributed by atoms with Crippen LogP contribution in [0.1, 0.15) is 71.6 Å². The van der Waals surface area contributed by atoms with E-state index in [1.54, 1.807) is 13.0 Å². The smallest absolute Gasteiger partial charge is 0.305 e. The Kier molecular flexibility index (Phi) is 10.9. The molecule has 5 heteroatoms. The van der Waals surface area contributed by atoms with E-state index in [9.17, 15) is 20.1 Å². The lowest BCUT2D eigenvalue weighted by Gasteiger charge is -2.23. The number of carbonyl (C=O) groups is 1. The summed E-state index contributed by atoms with van der Waals surface area (Å²) in [6.07, 6.45) is 13.4. The standard InChI is InChI=1S/C22H38O5/c1-4-5-10-14-22(2,26)15-13-18-17(19(23)16-20(18)24)11-8-6-7-9-12-21(25)27-3/h6,8,13,15,17-20,23-24,26H,4-5,7,9-12,14,16H2,1-3H3/b8-6+,15-13+/t17-,18?,19+,20-,22+/m1/s1. The number of unbranched alkanes of at least 4 members (excludes halogenated alkanes) is 3. The first-order valence-corrected chi connectivity index (χ1v) is 10.3. The zero-order valence-corrected chi connectivity index (χ0v) is 17.1. The zero-order valence-electron chi connectivity index (χ0n) is 17.1. The van der Waals surface area contributed by atoms with Crippen molar-refractivity contribution in [3.63, 3.8) is 0 Å². The predicted octanol–water partition coefficient (Wildman–Crippen LogP) is 3.52. The number of carbonyl (C=O) groups excluding carboxylic acids is 1. The quantitative estimate of drug-likeness (QED) is 0.273. The SMILES string of the molecule is CCCCC[C@](C)(O)/C=C/C1[C@H](O)C[C@H](O)[C@@H]1C/C=C/CCCC(=O)OC. The normalized spacial score (nSPS) is 28.1. The second kappa shape index (κ2) is 12.3. The number of allylic oxidation sites excluding steroid dienone is 2. The van der Waals surface area contributed by atoms with Crippen molar-refractivity contribution in [2.24, 2.45) is 11.8 Å². The maximum absolute atomic E-state index is 11.1. The number of aliphatic hydroxyl groups excluding tert-OH is 2. The van der Waals surface area contributed by atoms with E-state index in [2.05, 4.69) is 11.7 Å². The van der Waals surface area contributed by atoms with Gasteiger partial charge in [0, 0.05) is 18.8 Å². The fourth-order valence-corrected chi connectivity index (χ4v) is 3.68. The molecule has 1 unspecified atom stereocenters. The van der Waals surface area contributed by atoms with Gasteiger partial charge in [-0.25, -0.2) is 0 Å². The van der Waals surface area contributed by atoms with Gasteiger partial charge in [0.15, 0.2) is 0 Å². The van der Waals surface area contributed by atoms with Gasteiger partial charge >= 0.3 is 5.97 Å². The van der Waals surface area contributed by atoms with E-state index in [1.165, 1.54) is 7.11 Å². The molecule has 0 radical (unpaired) electrons. The first kappa shape index (κ1) is 23.9. The number of hydrogen-bond acceptors (Lipinski definition) is 5. The lowest BCUT2D eigenvalue weighted by atomic mass is 9.88. The predicted molar refractivity (Wildman–Crippen MR) is 107 cm³/mol. The highest BCUT2D eigenvalue weighted by molar-refractivity contribution is 5.69. The average molecular weight is 383 g/mol. The van der Waals surface area contributed by atoms with Gasteiger partial charge in [-0.1, -0.05) is 50.5 Å². The van der Waals surface area contributed by atoms with Crippen LogP contribution in [0, 0.1) is 11.8 Å². The monoisotopic (exact) mass is 382 g/mol. The number of esters is 1. The van der Waals surface area contributed by atoms with Crippen LogP contribution in [0.25, 0.3) is 0 Å². The summed E-state index contributed by atoms with van der Waals surface area (Å²) in [6.45, 7) is 3.93. The number of hydrogen-bond donors (Lipinski definition) is 3. The Labute approximate surface area is 164 Å². The third kappa shape index (κ3) is 9.04. The van der Waals surface area contributed by atoms with Crippen molar-refractivity contribution in [2.75, 3.05) is 7.11 Å². The van der Waals surface area contributed by atoms with Gasteiger partial charge < -0.3 is 20.1 Å². The van der Waals surface area contributed by atoms with E-state index in [4.69, 9.17) is 0 Å². The van der Waals surface area contributed by atoms with Crippen molar-refractivity contribution < 1.29 is 24.9 Å². The third-order valence-corrected chi connectivity index (χ3v) is 5.43. The van der Waals surface area contributed by atoms with Crippen LogP contribution in [0.5, 0.6) is 0 Å².